The first-order chi connectivity index (χ1) is 13.6. The molecule has 0 unspecified atom stereocenters. The quantitative estimate of drug-likeness (QED) is 0.825. The average molecular weight is 374 g/mol. The fraction of sp³-hybridized carbons (Fsp3) is 0.261. The Morgan fingerprint density at radius 3 is 2.68 bits per heavy atom. The minimum absolute atomic E-state index is 0.0743. The number of nitrogens with zero attached hydrogens (tertiary/aromatic N) is 1. The van der Waals surface area contributed by atoms with E-state index in [0.717, 1.165) is 29.8 Å². The van der Waals surface area contributed by atoms with Gasteiger partial charge < -0.3 is 10.1 Å². The fourth-order valence-corrected chi connectivity index (χ4v) is 3.90. The zero-order valence-corrected chi connectivity index (χ0v) is 15.8. The van der Waals surface area contributed by atoms with Crippen LogP contribution in [0.2, 0.25) is 0 Å². The van der Waals surface area contributed by atoms with E-state index in [4.69, 9.17) is 4.74 Å². The van der Waals surface area contributed by atoms with Crippen molar-refractivity contribution in [1.82, 2.24) is 10.3 Å². The number of ether oxygens (including phenoxy) is 1. The molecule has 2 heterocycles. The number of rotatable bonds is 4. The molecule has 5 heteroatoms. The molecular formula is C23H22N2O3. The lowest BCUT2D eigenvalue weighted by Crippen LogP contribution is -2.34. The Balaban J connectivity index is 1.69. The van der Waals surface area contributed by atoms with Crippen LogP contribution in [0, 0.1) is 0 Å². The van der Waals surface area contributed by atoms with E-state index >= 15 is 0 Å². The molecule has 1 aromatic heterocycles. The molecule has 1 atom stereocenters. The Kier molecular flexibility index (Phi) is 5.06. The zero-order chi connectivity index (χ0) is 19.5. The van der Waals surface area contributed by atoms with Crippen molar-refractivity contribution in [2.45, 2.75) is 38.7 Å². The van der Waals surface area contributed by atoms with E-state index in [0.29, 0.717) is 23.3 Å². The number of aromatic nitrogens is 1. The van der Waals surface area contributed by atoms with Gasteiger partial charge in [0.25, 0.3) is 0 Å². The first kappa shape index (κ1) is 18.2. The first-order valence-electron chi connectivity index (χ1n) is 9.51. The van der Waals surface area contributed by atoms with Gasteiger partial charge in [-0.1, -0.05) is 36.4 Å². The second-order valence-corrected chi connectivity index (χ2v) is 7.08. The third-order valence-electron chi connectivity index (χ3n) is 5.19. The summed E-state index contributed by atoms with van der Waals surface area (Å²) >= 11 is 0. The highest BCUT2D eigenvalue weighted by Gasteiger charge is 2.39. The van der Waals surface area contributed by atoms with E-state index in [2.05, 4.69) is 10.3 Å². The number of pyridine rings is 1. The summed E-state index contributed by atoms with van der Waals surface area (Å²) in [5, 5.41) is 3.29. The third-order valence-corrected chi connectivity index (χ3v) is 5.19. The summed E-state index contributed by atoms with van der Waals surface area (Å²) in [6.45, 7) is 2.04. The topological polar surface area (TPSA) is 68.3 Å². The highest BCUT2D eigenvalue weighted by atomic mass is 16.5. The maximum absolute atomic E-state index is 13.1. The van der Waals surface area contributed by atoms with E-state index in [1.54, 1.807) is 6.20 Å². The number of hydrogen-bond acceptors (Lipinski definition) is 5. The van der Waals surface area contributed by atoms with E-state index < -0.39 is 11.9 Å². The number of hydrogen-bond donors (Lipinski definition) is 1. The third kappa shape index (κ3) is 3.48. The van der Waals surface area contributed by atoms with Crippen LogP contribution in [0.4, 0.5) is 0 Å². The predicted molar refractivity (Wildman–Crippen MR) is 105 cm³/mol. The van der Waals surface area contributed by atoms with Gasteiger partial charge in [0.05, 0.1) is 17.2 Å². The Morgan fingerprint density at radius 2 is 1.93 bits per heavy atom. The number of carbonyl (C=O) groups excluding carboxylic acids is 2. The lowest BCUT2D eigenvalue weighted by atomic mass is 9.77. The molecule has 1 N–H and O–H groups in total. The molecule has 0 radical (unpaired) electrons. The van der Waals surface area contributed by atoms with E-state index in [1.165, 1.54) is 0 Å². The van der Waals surface area contributed by atoms with Crippen molar-refractivity contribution in [2.24, 2.45) is 0 Å². The molecule has 0 bridgehead atoms. The summed E-state index contributed by atoms with van der Waals surface area (Å²) in [4.78, 5) is 30.3. The number of allylic oxidation sites excluding steroid dienone is 3. The lowest BCUT2D eigenvalue weighted by molar-refractivity contribution is -0.140. The van der Waals surface area contributed by atoms with Crippen LogP contribution in [0.15, 0.2) is 77.3 Å². The van der Waals surface area contributed by atoms with E-state index in [9.17, 15) is 9.59 Å². The Labute approximate surface area is 164 Å². The van der Waals surface area contributed by atoms with Crippen molar-refractivity contribution in [3.8, 4) is 0 Å². The SMILES string of the molecule is CC1=C(C(=O)OCc2ccccc2)[C@H](c2ccccn2)C2=C(CCCC2=O)N1. The van der Waals surface area contributed by atoms with Gasteiger partial charge in [-0.3, -0.25) is 9.78 Å². The smallest absolute Gasteiger partial charge is 0.337 e. The maximum Gasteiger partial charge on any atom is 0.337 e. The van der Waals surface area contributed by atoms with Crippen molar-refractivity contribution >= 4 is 11.8 Å². The minimum atomic E-state index is -0.492. The second-order valence-electron chi connectivity index (χ2n) is 7.08. The number of Topliss-reactive ketones (excluding diaryl/α,β-unsaturated/α-hetero) is 1. The predicted octanol–water partition coefficient (Wildman–Crippen LogP) is 3.79. The van der Waals surface area contributed by atoms with E-state index in [1.807, 2.05) is 55.5 Å². The van der Waals surface area contributed by atoms with Gasteiger partial charge in [0.15, 0.2) is 5.78 Å². The number of benzene rings is 1. The van der Waals surface area contributed by atoms with Crippen LogP contribution in [0.25, 0.3) is 0 Å². The van der Waals surface area contributed by atoms with E-state index in [-0.39, 0.29) is 12.4 Å². The summed E-state index contributed by atoms with van der Waals surface area (Å²) in [5.41, 5.74) is 4.36. The van der Waals surface area contributed by atoms with Gasteiger partial charge in [0.1, 0.15) is 6.61 Å². The molecule has 2 aliphatic rings. The molecule has 142 valence electrons. The molecule has 1 aliphatic carbocycles. The molecule has 0 spiro atoms. The molecule has 1 aromatic carbocycles. The van der Waals surface area contributed by atoms with Crippen molar-refractivity contribution in [3.63, 3.8) is 0 Å². The molecule has 0 fully saturated rings. The number of nitrogens with one attached hydrogen (secondary N) is 1. The van der Waals surface area contributed by atoms with Crippen molar-refractivity contribution in [2.75, 3.05) is 0 Å². The molecule has 1 aliphatic heterocycles. The monoisotopic (exact) mass is 374 g/mol. The van der Waals surface area contributed by atoms with Gasteiger partial charge in [-0.2, -0.15) is 0 Å². The summed E-state index contributed by atoms with van der Waals surface area (Å²) in [6, 6.07) is 15.1. The Hall–Kier alpha value is -3.21. The van der Waals surface area contributed by atoms with Gasteiger partial charge in [0, 0.05) is 29.6 Å². The number of ketones is 1. The van der Waals surface area contributed by atoms with Gasteiger partial charge >= 0.3 is 5.97 Å². The van der Waals surface area contributed by atoms with Crippen LogP contribution in [0.5, 0.6) is 0 Å². The average Bonchev–Trinajstić information content (AvgIpc) is 2.72. The standard InChI is InChI=1S/C23H22N2O3/c1-15-20(23(27)28-14-16-8-3-2-4-9-16)22(17-10-5-6-13-24-17)21-18(25-15)11-7-12-19(21)26/h2-6,8-10,13,22,25H,7,11-12,14H2,1H3/t22-/m0/s1. The molecular weight excluding hydrogens is 352 g/mol. The van der Waals surface area contributed by atoms with Crippen LogP contribution in [-0.4, -0.2) is 16.7 Å². The second kappa shape index (κ2) is 7.80. The van der Waals surface area contributed by atoms with Crippen LogP contribution >= 0.6 is 0 Å². The zero-order valence-electron chi connectivity index (χ0n) is 15.8. The molecule has 0 saturated carbocycles. The van der Waals surface area contributed by atoms with Crippen molar-refractivity contribution in [1.29, 1.82) is 0 Å². The Morgan fingerprint density at radius 1 is 1.14 bits per heavy atom. The highest BCUT2D eigenvalue weighted by Crippen LogP contribution is 2.41. The molecule has 4 rings (SSSR count). The molecule has 2 aromatic rings. The van der Waals surface area contributed by atoms with Gasteiger partial charge in [-0.05, 0) is 37.5 Å². The lowest BCUT2D eigenvalue weighted by Gasteiger charge is -2.33. The molecule has 0 saturated heterocycles. The number of carbonyl (C=O) groups is 2. The van der Waals surface area contributed by atoms with Gasteiger partial charge in [-0.15, -0.1) is 0 Å². The normalized spacial score (nSPS) is 19.2. The summed E-state index contributed by atoms with van der Waals surface area (Å²) in [7, 11) is 0. The highest BCUT2D eigenvalue weighted by molar-refractivity contribution is 6.03. The van der Waals surface area contributed by atoms with Crippen LogP contribution < -0.4 is 5.32 Å². The largest absolute Gasteiger partial charge is 0.457 e. The summed E-state index contributed by atoms with van der Waals surface area (Å²) < 4.78 is 5.61. The fourth-order valence-electron chi connectivity index (χ4n) is 3.90. The van der Waals surface area contributed by atoms with Gasteiger partial charge in [-0.25, -0.2) is 4.79 Å². The number of esters is 1. The minimum Gasteiger partial charge on any atom is -0.457 e. The summed E-state index contributed by atoms with van der Waals surface area (Å²) in [6.07, 6.45) is 3.80. The maximum atomic E-state index is 13.1. The Bertz CT molecular complexity index is 962. The van der Waals surface area contributed by atoms with Crippen molar-refractivity contribution < 1.29 is 14.3 Å². The number of dihydropyridines is 1. The van der Waals surface area contributed by atoms with Crippen LogP contribution in [-0.2, 0) is 20.9 Å². The first-order valence-corrected chi connectivity index (χ1v) is 9.51. The molecule has 28 heavy (non-hydrogen) atoms. The molecule has 5 nitrogen and oxygen atoms in total. The van der Waals surface area contributed by atoms with Crippen molar-refractivity contribution in [3.05, 3.63) is 88.5 Å². The van der Waals surface area contributed by atoms with Crippen LogP contribution in [0.1, 0.15) is 43.4 Å². The molecule has 0 amide bonds. The summed E-state index contributed by atoms with van der Waals surface area (Å²) in [5.74, 6) is -0.840. The van der Waals surface area contributed by atoms with Gasteiger partial charge in [0.2, 0.25) is 0 Å². The van der Waals surface area contributed by atoms with Crippen LogP contribution in [0.3, 0.4) is 0 Å².